The zero-order valence-corrected chi connectivity index (χ0v) is 15.9. The highest BCUT2D eigenvalue weighted by Crippen LogP contribution is 2.26. The summed E-state index contributed by atoms with van der Waals surface area (Å²) in [4.78, 5) is 51.5. The quantitative estimate of drug-likeness (QED) is 0.589. The molecule has 1 aromatic heterocycles. The predicted octanol–water partition coefficient (Wildman–Crippen LogP) is 0.377. The van der Waals surface area contributed by atoms with Crippen LogP contribution in [0.15, 0.2) is 27.8 Å². The summed E-state index contributed by atoms with van der Waals surface area (Å²) in [7, 11) is 0. The number of amides is 1. The van der Waals surface area contributed by atoms with Gasteiger partial charge in [0.1, 0.15) is 0 Å². The molecule has 2 aromatic rings. The third-order valence-electron chi connectivity index (χ3n) is 5.26. The Bertz CT molecular complexity index is 1020. The minimum Gasteiger partial charge on any atom is -0.480 e. The lowest BCUT2D eigenvalue weighted by molar-refractivity contribution is -0.139. The van der Waals surface area contributed by atoms with E-state index >= 15 is 0 Å². The number of aliphatic carboxylic acids is 1. The van der Waals surface area contributed by atoms with E-state index in [1.165, 1.54) is 4.57 Å². The summed E-state index contributed by atoms with van der Waals surface area (Å²) >= 11 is 0. The van der Waals surface area contributed by atoms with E-state index < -0.39 is 17.1 Å². The lowest BCUT2D eigenvalue weighted by atomic mass is 9.85. The van der Waals surface area contributed by atoms with E-state index in [-0.39, 0.29) is 24.5 Å². The molecule has 1 aliphatic rings. The number of fused-ring (bicyclic) bond motifs is 1. The topological polar surface area (TPSA) is 124 Å². The lowest BCUT2D eigenvalue weighted by Crippen LogP contribution is -2.54. The number of rotatable bonds is 7. The Morgan fingerprint density at radius 3 is 2.61 bits per heavy atom. The molecule has 0 aliphatic heterocycles. The normalized spacial score (nSPS) is 18.8. The first-order chi connectivity index (χ1) is 13.3. The van der Waals surface area contributed by atoms with Gasteiger partial charge in [0.2, 0.25) is 0 Å². The van der Waals surface area contributed by atoms with Gasteiger partial charge in [0.05, 0.1) is 17.6 Å². The first-order valence-electron chi connectivity index (χ1n) is 9.37. The number of hydrogen-bond donors (Lipinski definition) is 3. The SMILES string of the molecule is CCN(CC(=O)O)C1CC(NC(=O)c2ccc3c(c2)[nH]c(=O)c(=O)n3CC)C1. The minimum absolute atomic E-state index is 0.000990. The standard InChI is InChI=1S/C19H24N4O5/c1-3-22(10-16(24)25)13-8-12(9-13)20-17(26)11-5-6-15-14(7-11)21-18(27)19(28)23(15)4-2/h5-7,12-13H,3-4,8-10H2,1-2H3,(H,20,26)(H,21,27)(H,24,25). The highest BCUT2D eigenvalue weighted by Gasteiger charge is 2.34. The molecule has 0 bridgehead atoms. The van der Waals surface area contributed by atoms with Crippen molar-refractivity contribution in [3.05, 3.63) is 44.5 Å². The molecule has 1 aliphatic carbocycles. The van der Waals surface area contributed by atoms with Crippen molar-refractivity contribution in [2.24, 2.45) is 0 Å². The van der Waals surface area contributed by atoms with E-state index in [1.807, 2.05) is 11.8 Å². The second-order valence-corrected chi connectivity index (χ2v) is 6.99. The van der Waals surface area contributed by atoms with Crippen LogP contribution in [0.25, 0.3) is 11.0 Å². The van der Waals surface area contributed by atoms with Gasteiger partial charge in [-0.1, -0.05) is 6.92 Å². The van der Waals surface area contributed by atoms with E-state index in [2.05, 4.69) is 10.3 Å². The molecule has 1 amide bonds. The lowest BCUT2D eigenvalue weighted by Gasteiger charge is -2.42. The van der Waals surface area contributed by atoms with Crippen LogP contribution >= 0.6 is 0 Å². The van der Waals surface area contributed by atoms with Crippen molar-refractivity contribution in [3.63, 3.8) is 0 Å². The zero-order valence-electron chi connectivity index (χ0n) is 15.9. The van der Waals surface area contributed by atoms with E-state index in [0.717, 1.165) is 0 Å². The van der Waals surface area contributed by atoms with E-state index in [9.17, 15) is 19.2 Å². The molecule has 1 saturated carbocycles. The minimum atomic E-state index is -0.856. The van der Waals surface area contributed by atoms with Gasteiger partial charge in [0, 0.05) is 24.2 Å². The predicted molar refractivity (Wildman–Crippen MR) is 104 cm³/mol. The molecule has 3 rings (SSSR count). The van der Waals surface area contributed by atoms with Gasteiger partial charge >= 0.3 is 17.1 Å². The molecule has 1 heterocycles. The maximum Gasteiger partial charge on any atom is 0.317 e. The summed E-state index contributed by atoms with van der Waals surface area (Å²) in [5, 5.41) is 11.9. The summed E-state index contributed by atoms with van der Waals surface area (Å²) in [6.07, 6.45) is 1.40. The van der Waals surface area contributed by atoms with Gasteiger partial charge in [-0.15, -0.1) is 0 Å². The fraction of sp³-hybridized carbons (Fsp3) is 0.474. The van der Waals surface area contributed by atoms with Crippen molar-refractivity contribution in [3.8, 4) is 0 Å². The number of carbonyl (C=O) groups is 2. The second kappa shape index (κ2) is 7.97. The summed E-state index contributed by atoms with van der Waals surface area (Å²) in [6.45, 7) is 4.70. The number of aromatic amines is 1. The Labute approximate surface area is 161 Å². The van der Waals surface area contributed by atoms with Gasteiger partial charge in [-0.25, -0.2) is 0 Å². The first-order valence-corrected chi connectivity index (χ1v) is 9.37. The highest BCUT2D eigenvalue weighted by molar-refractivity contribution is 5.97. The molecule has 28 heavy (non-hydrogen) atoms. The Morgan fingerprint density at radius 2 is 2.00 bits per heavy atom. The molecule has 1 fully saturated rings. The van der Waals surface area contributed by atoms with E-state index in [0.29, 0.717) is 42.5 Å². The van der Waals surface area contributed by atoms with Crippen molar-refractivity contribution < 1.29 is 14.7 Å². The maximum absolute atomic E-state index is 12.5. The molecule has 0 atom stereocenters. The molecule has 0 radical (unpaired) electrons. The largest absolute Gasteiger partial charge is 0.480 e. The average Bonchev–Trinajstić information content (AvgIpc) is 2.63. The maximum atomic E-state index is 12.5. The number of benzene rings is 1. The number of likely N-dealkylation sites (N-methyl/N-ethyl adjacent to an activating group) is 1. The van der Waals surface area contributed by atoms with Crippen LogP contribution in [0.3, 0.4) is 0 Å². The molecule has 3 N–H and O–H groups in total. The number of nitrogens with zero attached hydrogens (tertiary/aromatic N) is 2. The fourth-order valence-electron chi connectivity index (χ4n) is 3.68. The van der Waals surface area contributed by atoms with Crippen LogP contribution in [0.4, 0.5) is 0 Å². The first kappa shape index (κ1) is 19.8. The van der Waals surface area contributed by atoms with Crippen LogP contribution in [0.2, 0.25) is 0 Å². The van der Waals surface area contributed by atoms with Gasteiger partial charge in [-0.3, -0.25) is 24.1 Å². The van der Waals surface area contributed by atoms with Crippen molar-refractivity contribution in [1.29, 1.82) is 0 Å². The van der Waals surface area contributed by atoms with E-state index in [1.54, 1.807) is 25.1 Å². The number of carboxylic acid groups (broad SMARTS) is 1. The van der Waals surface area contributed by atoms with Gasteiger partial charge in [-0.2, -0.15) is 0 Å². The van der Waals surface area contributed by atoms with Crippen LogP contribution < -0.4 is 16.4 Å². The molecule has 9 heteroatoms. The number of carbonyl (C=O) groups excluding carboxylic acids is 1. The van der Waals surface area contributed by atoms with E-state index in [4.69, 9.17) is 5.11 Å². The van der Waals surface area contributed by atoms with Gasteiger partial charge in [0.25, 0.3) is 5.91 Å². The Balaban J connectivity index is 1.70. The molecule has 150 valence electrons. The van der Waals surface area contributed by atoms with Crippen molar-refractivity contribution >= 4 is 22.9 Å². The molecule has 0 unspecified atom stereocenters. The number of H-pyrrole nitrogens is 1. The fourth-order valence-corrected chi connectivity index (χ4v) is 3.68. The summed E-state index contributed by atoms with van der Waals surface area (Å²) in [6, 6.07) is 4.98. The average molecular weight is 388 g/mol. The summed E-state index contributed by atoms with van der Waals surface area (Å²) in [5.41, 5.74) is 0.0657. The smallest absolute Gasteiger partial charge is 0.317 e. The molecular formula is C19H24N4O5. The Hall–Kier alpha value is -2.94. The molecule has 9 nitrogen and oxygen atoms in total. The number of hydrogen-bond acceptors (Lipinski definition) is 5. The number of nitrogens with one attached hydrogen (secondary N) is 2. The number of aryl methyl sites for hydroxylation is 1. The van der Waals surface area contributed by atoms with Crippen LogP contribution in [-0.2, 0) is 11.3 Å². The number of aromatic nitrogens is 2. The zero-order chi connectivity index (χ0) is 20.4. The van der Waals surface area contributed by atoms with Gasteiger partial charge in [0.15, 0.2) is 0 Å². The summed E-state index contributed by atoms with van der Waals surface area (Å²) < 4.78 is 1.37. The van der Waals surface area contributed by atoms with Crippen molar-refractivity contribution in [2.75, 3.05) is 13.1 Å². The third kappa shape index (κ3) is 3.84. The Kier molecular flexibility index (Phi) is 5.64. The molecule has 0 spiro atoms. The highest BCUT2D eigenvalue weighted by atomic mass is 16.4. The van der Waals surface area contributed by atoms with Gasteiger partial charge < -0.3 is 20.0 Å². The van der Waals surface area contributed by atoms with Crippen molar-refractivity contribution in [2.45, 2.75) is 45.3 Å². The molecule has 1 aromatic carbocycles. The summed E-state index contributed by atoms with van der Waals surface area (Å²) in [5.74, 6) is -1.12. The van der Waals surface area contributed by atoms with Crippen LogP contribution in [0.5, 0.6) is 0 Å². The molecular weight excluding hydrogens is 364 g/mol. The van der Waals surface area contributed by atoms with Crippen LogP contribution in [-0.4, -0.2) is 56.6 Å². The monoisotopic (exact) mass is 388 g/mol. The Morgan fingerprint density at radius 1 is 1.29 bits per heavy atom. The number of carboxylic acids is 1. The third-order valence-corrected chi connectivity index (χ3v) is 5.26. The van der Waals surface area contributed by atoms with Crippen molar-refractivity contribution in [1.82, 2.24) is 19.8 Å². The van der Waals surface area contributed by atoms with Crippen LogP contribution in [0, 0.1) is 0 Å². The second-order valence-electron chi connectivity index (χ2n) is 6.99. The van der Waals surface area contributed by atoms with Crippen LogP contribution in [0.1, 0.15) is 37.0 Å². The molecule has 0 saturated heterocycles. The van der Waals surface area contributed by atoms with Gasteiger partial charge in [-0.05, 0) is 44.5 Å².